The van der Waals surface area contributed by atoms with E-state index in [0.29, 0.717) is 25.3 Å². The molecule has 2 heterocycles. The standard InChI is InChI=1S/C19H25N5O2/c1-13-10-14(2)24(22-13)15(3)11-20-19(26)8-9-23-17-7-5-4-6-16(17)21-18(23)12-25/h4-7,10,15,25H,8-9,11-12H2,1-3H3,(H,20,26). The van der Waals surface area contributed by atoms with Crippen LogP contribution in [0.15, 0.2) is 30.3 Å². The molecule has 1 atom stereocenters. The van der Waals surface area contributed by atoms with Crippen molar-refractivity contribution in [3.63, 3.8) is 0 Å². The van der Waals surface area contributed by atoms with Crippen molar-refractivity contribution in [2.75, 3.05) is 6.54 Å². The lowest BCUT2D eigenvalue weighted by molar-refractivity contribution is -0.121. The lowest BCUT2D eigenvalue weighted by Gasteiger charge is -2.15. The highest BCUT2D eigenvalue weighted by molar-refractivity contribution is 5.78. The molecule has 26 heavy (non-hydrogen) atoms. The monoisotopic (exact) mass is 355 g/mol. The van der Waals surface area contributed by atoms with Gasteiger partial charge in [-0.15, -0.1) is 0 Å². The van der Waals surface area contributed by atoms with Crippen LogP contribution in [0, 0.1) is 13.8 Å². The normalized spacial score (nSPS) is 12.5. The summed E-state index contributed by atoms with van der Waals surface area (Å²) in [6.45, 7) is 6.87. The van der Waals surface area contributed by atoms with Crippen molar-refractivity contribution in [3.8, 4) is 0 Å². The van der Waals surface area contributed by atoms with E-state index in [2.05, 4.69) is 15.4 Å². The topological polar surface area (TPSA) is 85.0 Å². The molecule has 2 aromatic heterocycles. The van der Waals surface area contributed by atoms with Gasteiger partial charge in [-0.2, -0.15) is 5.10 Å². The van der Waals surface area contributed by atoms with Gasteiger partial charge in [-0.1, -0.05) is 12.1 Å². The zero-order valence-electron chi connectivity index (χ0n) is 15.4. The smallest absolute Gasteiger partial charge is 0.221 e. The minimum Gasteiger partial charge on any atom is -0.388 e. The van der Waals surface area contributed by atoms with Gasteiger partial charge in [0.2, 0.25) is 5.91 Å². The third-order valence-electron chi connectivity index (χ3n) is 4.49. The van der Waals surface area contributed by atoms with E-state index in [-0.39, 0.29) is 18.6 Å². The highest BCUT2D eigenvalue weighted by Gasteiger charge is 2.13. The van der Waals surface area contributed by atoms with Crippen LogP contribution in [-0.2, 0) is 17.9 Å². The molecule has 0 fully saturated rings. The minimum atomic E-state index is -0.148. The fourth-order valence-electron chi connectivity index (χ4n) is 3.24. The van der Waals surface area contributed by atoms with Crippen molar-refractivity contribution in [2.24, 2.45) is 0 Å². The lowest BCUT2D eigenvalue weighted by atomic mass is 10.3. The molecule has 3 aromatic rings. The molecule has 0 saturated heterocycles. The summed E-state index contributed by atoms with van der Waals surface area (Å²) in [6, 6.07) is 9.81. The van der Waals surface area contributed by atoms with Crippen LogP contribution in [0.2, 0.25) is 0 Å². The molecule has 1 aromatic carbocycles. The fourth-order valence-corrected chi connectivity index (χ4v) is 3.24. The Hall–Kier alpha value is -2.67. The van der Waals surface area contributed by atoms with Crippen molar-refractivity contribution in [3.05, 3.63) is 47.5 Å². The Morgan fingerprint density at radius 1 is 1.31 bits per heavy atom. The molecular weight excluding hydrogens is 330 g/mol. The summed E-state index contributed by atoms with van der Waals surface area (Å²) in [4.78, 5) is 16.7. The number of amides is 1. The zero-order chi connectivity index (χ0) is 18.7. The van der Waals surface area contributed by atoms with E-state index in [4.69, 9.17) is 0 Å². The second kappa shape index (κ2) is 7.70. The molecule has 1 unspecified atom stereocenters. The summed E-state index contributed by atoms with van der Waals surface area (Å²) in [7, 11) is 0. The Bertz CT molecular complexity index is 912. The second-order valence-electron chi connectivity index (χ2n) is 6.60. The molecule has 0 bridgehead atoms. The van der Waals surface area contributed by atoms with Gasteiger partial charge in [0, 0.05) is 25.2 Å². The summed E-state index contributed by atoms with van der Waals surface area (Å²) in [5, 5.41) is 16.9. The van der Waals surface area contributed by atoms with Gasteiger partial charge in [0.15, 0.2) is 0 Å². The van der Waals surface area contributed by atoms with Crippen molar-refractivity contribution in [1.29, 1.82) is 0 Å². The molecule has 138 valence electrons. The first-order valence-electron chi connectivity index (χ1n) is 8.84. The Morgan fingerprint density at radius 2 is 2.08 bits per heavy atom. The van der Waals surface area contributed by atoms with Crippen LogP contribution in [0.3, 0.4) is 0 Å². The molecule has 0 aliphatic carbocycles. The molecule has 0 aliphatic heterocycles. The van der Waals surface area contributed by atoms with Crippen LogP contribution in [0.4, 0.5) is 0 Å². The molecule has 0 saturated carbocycles. The predicted octanol–water partition coefficient (Wildman–Crippen LogP) is 2.11. The number of rotatable bonds is 7. The first-order valence-corrected chi connectivity index (χ1v) is 8.84. The zero-order valence-corrected chi connectivity index (χ0v) is 15.4. The summed E-state index contributed by atoms with van der Waals surface area (Å²) < 4.78 is 3.84. The maximum absolute atomic E-state index is 12.3. The molecule has 7 nitrogen and oxygen atoms in total. The van der Waals surface area contributed by atoms with E-state index in [1.807, 2.05) is 60.4 Å². The van der Waals surface area contributed by atoms with Crippen LogP contribution in [0.5, 0.6) is 0 Å². The number of aliphatic hydroxyl groups is 1. The van der Waals surface area contributed by atoms with Gasteiger partial charge in [-0.25, -0.2) is 4.98 Å². The van der Waals surface area contributed by atoms with Crippen LogP contribution in [-0.4, -0.2) is 36.9 Å². The number of hydrogen-bond acceptors (Lipinski definition) is 4. The van der Waals surface area contributed by atoms with E-state index in [9.17, 15) is 9.90 Å². The number of aliphatic hydroxyl groups excluding tert-OH is 1. The number of benzene rings is 1. The van der Waals surface area contributed by atoms with E-state index < -0.39 is 0 Å². The van der Waals surface area contributed by atoms with Crippen LogP contribution in [0.1, 0.15) is 36.6 Å². The van der Waals surface area contributed by atoms with Gasteiger partial charge in [0.05, 0.1) is 22.8 Å². The molecule has 3 rings (SSSR count). The van der Waals surface area contributed by atoms with E-state index >= 15 is 0 Å². The number of aromatic nitrogens is 4. The van der Waals surface area contributed by atoms with Gasteiger partial charge < -0.3 is 15.0 Å². The van der Waals surface area contributed by atoms with Gasteiger partial charge in [-0.3, -0.25) is 9.48 Å². The number of carbonyl (C=O) groups is 1. The Morgan fingerprint density at radius 3 is 2.77 bits per heavy atom. The molecule has 2 N–H and O–H groups in total. The minimum absolute atomic E-state index is 0.0277. The highest BCUT2D eigenvalue weighted by Crippen LogP contribution is 2.16. The van der Waals surface area contributed by atoms with Crippen LogP contribution < -0.4 is 5.32 Å². The summed E-state index contributed by atoms with van der Waals surface area (Å²) in [6.07, 6.45) is 0.331. The maximum Gasteiger partial charge on any atom is 0.221 e. The first kappa shape index (κ1) is 18.1. The van der Waals surface area contributed by atoms with Gasteiger partial charge in [0.25, 0.3) is 0 Å². The number of hydrogen-bond donors (Lipinski definition) is 2. The van der Waals surface area contributed by atoms with Gasteiger partial charge >= 0.3 is 0 Å². The van der Waals surface area contributed by atoms with Crippen LogP contribution >= 0.6 is 0 Å². The van der Waals surface area contributed by atoms with Crippen molar-refractivity contribution in [2.45, 2.75) is 46.4 Å². The summed E-state index contributed by atoms with van der Waals surface area (Å²) in [5.74, 6) is 0.551. The summed E-state index contributed by atoms with van der Waals surface area (Å²) >= 11 is 0. The Kier molecular flexibility index (Phi) is 5.37. The molecule has 7 heteroatoms. The number of aryl methyl sites for hydroxylation is 3. The third-order valence-corrected chi connectivity index (χ3v) is 4.49. The van der Waals surface area contributed by atoms with E-state index in [0.717, 1.165) is 22.4 Å². The highest BCUT2D eigenvalue weighted by atomic mass is 16.3. The number of imidazole rings is 1. The van der Waals surface area contributed by atoms with Gasteiger partial charge in [0.1, 0.15) is 12.4 Å². The Balaban J connectivity index is 1.58. The maximum atomic E-state index is 12.3. The molecule has 0 radical (unpaired) electrons. The average Bonchev–Trinajstić information content (AvgIpc) is 3.16. The first-order chi connectivity index (χ1) is 12.5. The average molecular weight is 355 g/mol. The third kappa shape index (κ3) is 3.77. The predicted molar refractivity (Wildman–Crippen MR) is 99.7 cm³/mol. The van der Waals surface area contributed by atoms with Crippen molar-refractivity contribution in [1.82, 2.24) is 24.6 Å². The molecule has 0 spiro atoms. The lowest BCUT2D eigenvalue weighted by Crippen LogP contribution is -2.31. The van der Waals surface area contributed by atoms with Crippen molar-refractivity contribution < 1.29 is 9.90 Å². The number of carbonyl (C=O) groups excluding carboxylic acids is 1. The number of para-hydroxylation sites is 2. The van der Waals surface area contributed by atoms with Gasteiger partial charge in [-0.05, 0) is 39.0 Å². The van der Waals surface area contributed by atoms with E-state index in [1.54, 1.807) is 0 Å². The molecular formula is C19H25N5O2. The largest absolute Gasteiger partial charge is 0.388 e. The number of fused-ring (bicyclic) bond motifs is 1. The Labute approximate surface area is 152 Å². The SMILES string of the molecule is Cc1cc(C)n(C(C)CNC(=O)CCn2c(CO)nc3ccccc32)n1. The quantitative estimate of drug-likeness (QED) is 0.680. The molecule has 0 aliphatic rings. The summed E-state index contributed by atoms with van der Waals surface area (Å²) in [5.41, 5.74) is 3.82. The van der Waals surface area contributed by atoms with Crippen molar-refractivity contribution >= 4 is 16.9 Å². The number of nitrogens with one attached hydrogen (secondary N) is 1. The number of nitrogens with zero attached hydrogens (tertiary/aromatic N) is 4. The fraction of sp³-hybridized carbons (Fsp3) is 0.421. The van der Waals surface area contributed by atoms with E-state index in [1.165, 1.54) is 0 Å². The second-order valence-corrected chi connectivity index (χ2v) is 6.60. The van der Waals surface area contributed by atoms with Crippen LogP contribution in [0.25, 0.3) is 11.0 Å². The molecule has 1 amide bonds.